The van der Waals surface area contributed by atoms with Crippen LogP contribution in [0.4, 0.5) is 19.6 Å². The van der Waals surface area contributed by atoms with E-state index in [0.29, 0.717) is 26.7 Å². The number of carbonyl (C=O) groups excluding carboxylic acids is 2. The van der Waals surface area contributed by atoms with Gasteiger partial charge in [0.1, 0.15) is 17.2 Å². The highest BCUT2D eigenvalue weighted by Crippen LogP contribution is 2.55. The van der Waals surface area contributed by atoms with Gasteiger partial charge in [0.25, 0.3) is 11.8 Å². The van der Waals surface area contributed by atoms with E-state index in [-0.39, 0.29) is 45.5 Å². The molecule has 232 valence electrons. The number of halogens is 2. The molecule has 6 aromatic rings. The summed E-state index contributed by atoms with van der Waals surface area (Å²) in [4.78, 5) is 46.7. The number of para-hydroxylation sites is 1. The third-order valence-corrected chi connectivity index (χ3v) is 10.5. The predicted molar refractivity (Wildman–Crippen MR) is 175 cm³/mol. The first-order valence-electron chi connectivity index (χ1n) is 14.6. The van der Waals surface area contributed by atoms with Gasteiger partial charge >= 0.3 is 0 Å². The molecule has 1 spiro atoms. The molecule has 0 radical (unpaired) electrons. The van der Waals surface area contributed by atoms with Crippen LogP contribution in [0.3, 0.4) is 0 Å². The van der Waals surface area contributed by atoms with E-state index in [4.69, 9.17) is 4.42 Å². The molecule has 0 saturated carbocycles. The Bertz CT molecular complexity index is 2320. The summed E-state index contributed by atoms with van der Waals surface area (Å²) in [5.74, 6) is -2.04. The number of amides is 2. The molecule has 4 heterocycles. The number of thioether (sulfide) groups is 1. The molecule has 0 aliphatic carbocycles. The van der Waals surface area contributed by atoms with Crippen LogP contribution in [-0.4, -0.2) is 22.0 Å². The fraction of sp³-hybridized carbons (Fsp3) is 0.114. The van der Waals surface area contributed by atoms with Crippen LogP contribution in [0, 0.1) is 18.6 Å². The molecule has 2 amide bonds. The Morgan fingerprint density at radius 1 is 0.915 bits per heavy atom. The third kappa shape index (κ3) is 4.43. The average molecular weight is 665 g/mol. The molecule has 1 atom stereocenters. The summed E-state index contributed by atoms with van der Waals surface area (Å²) in [5, 5.41) is 8.90. The summed E-state index contributed by atoms with van der Waals surface area (Å²) in [7, 11) is 0. The lowest BCUT2D eigenvalue weighted by atomic mass is 9.84. The van der Waals surface area contributed by atoms with Crippen molar-refractivity contribution in [2.75, 3.05) is 9.80 Å². The van der Waals surface area contributed by atoms with E-state index in [2.05, 4.69) is 10.2 Å². The minimum Gasteiger partial charge on any atom is -0.450 e. The van der Waals surface area contributed by atoms with Gasteiger partial charge in [0.05, 0.1) is 23.2 Å². The Hall–Kier alpha value is -5.20. The number of aryl methyl sites for hydroxylation is 1. The summed E-state index contributed by atoms with van der Waals surface area (Å²) < 4.78 is 34.7. The lowest BCUT2D eigenvalue weighted by molar-refractivity contribution is -0.121. The van der Waals surface area contributed by atoms with Gasteiger partial charge in [-0.2, -0.15) is 0 Å². The smallest absolute Gasteiger partial charge is 0.297 e. The molecule has 8 rings (SSSR count). The Kier molecular flexibility index (Phi) is 6.81. The van der Waals surface area contributed by atoms with Crippen molar-refractivity contribution in [3.05, 3.63) is 146 Å². The number of carbonyl (C=O) groups is 2. The number of nitrogens with zero attached hydrogens (tertiary/aromatic N) is 4. The van der Waals surface area contributed by atoms with Crippen molar-refractivity contribution < 1.29 is 22.8 Å². The minimum absolute atomic E-state index is 0.0487. The van der Waals surface area contributed by atoms with Crippen molar-refractivity contribution in [1.29, 1.82) is 0 Å². The third-order valence-electron chi connectivity index (χ3n) is 8.43. The van der Waals surface area contributed by atoms with Crippen molar-refractivity contribution in [3.8, 4) is 0 Å². The first-order chi connectivity index (χ1) is 22.8. The van der Waals surface area contributed by atoms with Crippen LogP contribution >= 0.6 is 23.1 Å². The zero-order valence-electron chi connectivity index (χ0n) is 24.6. The van der Waals surface area contributed by atoms with Gasteiger partial charge in [-0.25, -0.2) is 8.78 Å². The maximum absolute atomic E-state index is 15.0. The summed E-state index contributed by atoms with van der Waals surface area (Å²) in [6, 6.07) is 24.2. The maximum atomic E-state index is 15.0. The highest BCUT2D eigenvalue weighted by Gasteiger charge is 2.66. The fourth-order valence-corrected chi connectivity index (χ4v) is 8.19. The molecular weight excluding hydrogens is 643 g/mol. The molecular formula is C35H22F2N4O4S2. The number of rotatable bonds is 6. The van der Waals surface area contributed by atoms with Crippen LogP contribution in [0.1, 0.15) is 38.4 Å². The quantitative estimate of drug-likeness (QED) is 0.140. The number of fused-ring (bicyclic) bond motifs is 5. The molecule has 0 fully saturated rings. The highest BCUT2D eigenvalue weighted by molar-refractivity contribution is 8.00. The van der Waals surface area contributed by atoms with E-state index in [1.165, 1.54) is 39.8 Å². The monoisotopic (exact) mass is 664 g/mol. The number of aromatic nitrogens is 2. The van der Waals surface area contributed by atoms with Gasteiger partial charge in [0, 0.05) is 11.3 Å². The normalized spacial score (nSPS) is 16.8. The summed E-state index contributed by atoms with van der Waals surface area (Å²) in [5.41, 5.74) is 0.441. The van der Waals surface area contributed by atoms with Crippen LogP contribution < -0.4 is 15.2 Å². The minimum atomic E-state index is -1.96. The topological polar surface area (TPSA) is 96.6 Å². The Morgan fingerprint density at radius 2 is 1.68 bits per heavy atom. The molecule has 12 heteroatoms. The van der Waals surface area contributed by atoms with Gasteiger partial charge in [0.2, 0.25) is 10.9 Å². The first kappa shape index (κ1) is 29.2. The molecule has 0 saturated heterocycles. The molecule has 2 aliphatic heterocycles. The number of anilines is 2. The van der Waals surface area contributed by atoms with Crippen molar-refractivity contribution in [1.82, 2.24) is 10.2 Å². The van der Waals surface area contributed by atoms with Crippen LogP contribution in [0.15, 0.2) is 105 Å². The number of hydrogen-bond donors (Lipinski definition) is 0. The van der Waals surface area contributed by atoms with Crippen LogP contribution in [0.5, 0.6) is 0 Å². The van der Waals surface area contributed by atoms with E-state index in [1.54, 1.807) is 72.8 Å². The summed E-state index contributed by atoms with van der Waals surface area (Å²) in [6.45, 7) is 1.88. The van der Waals surface area contributed by atoms with Crippen molar-refractivity contribution >= 4 is 56.7 Å². The van der Waals surface area contributed by atoms with Gasteiger partial charge < -0.3 is 9.32 Å². The second-order valence-corrected chi connectivity index (χ2v) is 13.4. The molecule has 1 unspecified atom stereocenters. The van der Waals surface area contributed by atoms with Crippen LogP contribution in [0.25, 0.3) is 11.0 Å². The van der Waals surface area contributed by atoms with Crippen molar-refractivity contribution in [2.45, 2.75) is 29.1 Å². The Labute approximate surface area is 274 Å². The van der Waals surface area contributed by atoms with Gasteiger partial charge in [0.15, 0.2) is 15.3 Å². The van der Waals surface area contributed by atoms with Gasteiger partial charge in [-0.1, -0.05) is 83.3 Å². The molecule has 2 aliphatic rings. The van der Waals surface area contributed by atoms with E-state index in [1.807, 2.05) is 6.92 Å². The van der Waals surface area contributed by atoms with E-state index in [9.17, 15) is 18.4 Å². The maximum Gasteiger partial charge on any atom is 0.297 e. The van der Waals surface area contributed by atoms with Crippen LogP contribution in [0.2, 0.25) is 0 Å². The highest BCUT2D eigenvalue weighted by atomic mass is 32.2. The molecule has 4 aromatic carbocycles. The molecule has 47 heavy (non-hydrogen) atoms. The zero-order valence-corrected chi connectivity index (χ0v) is 26.2. The lowest BCUT2D eigenvalue weighted by Gasteiger charge is -2.32. The second kappa shape index (κ2) is 11.0. The van der Waals surface area contributed by atoms with E-state index in [0.717, 1.165) is 16.9 Å². The number of hydrogen-bond acceptors (Lipinski definition) is 8. The Morgan fingerprint density at radius 3 is 2.49 bits per heavy atom. The first-order valence-corrected chi connectivity index (χ1v) is 16.4. The largest absolute Gasteiger partial charge is 0.450 e. The predicted octanol–water partition coefficient (Wildman–Crippen LogP) is 6.97. The van der Waals surface area contributed by atoms with E-state index < -0.39 is 28.6 Å². The standard InChI is InChI=1S/C35H22F2N4O4S2/c1-19-10-15-27-23(16-19)29(42)28-30(45-27)31(43)41(33-38-39-34(47-33)46-18-21-6-2-4-8-25(21)37)35(28)24-7-3-5-9-26(24)40(32(35)44)17-20-11-13-22(36)14-12-20/h2-16H,17-18H2,1H3. The molecule has 0 N–H and O–H groups in total. The van der Waals surface area contributed by atoms with Crippen molar-refractivity contribution in [3.63, 3.8) is 0 Å². The van der Waals surface area contributed by atoms with Gasteiger partial charge in [-0.05, 0) is 54.4 Å². The average Bonchev–Trinajstić information content (AvgIpc) is 3.71. The molecule has 2 aromatic heterocycles. The molecule has 8 nitrogen and oxygen atoms in total. The van der Waals surface area contributed by atoms with E-state index >= 15 is 4.79 Å². The SMILES string of the molecule is Cc1ccc2oc3c(c(=O)c2c1)C1(C(=O)N(Cc2ccc(F)cc2)c2ccccc21)N(c1nnc(SCc2ccccc2F)s1)C3=O. The lowest BCUT2D eigenvalue weighted by Crippen LogP contribution is -2.53. The van der Waals surface area contributed by atoms with Gasteiger partial charge in [-0.3, -0.25) is 19.3 Å². The Balaban J connectivity index is 1.32. The zero-order chi connectivity index (χ0) is 32.4. The van der Waals surface area contributed by atoms with Crippen molar-refractivity contribution in [2.24, 2.45) is 0 Å². The summed E-state index contributed by atoms with van der Waals surface area (Å²) >= 11 is 2.29. The van der Waals surface area contributed by atoms with Gasteiger partial charge in [-0.15, -0.1) is 10.2 Å². The number of benzene rings is 4. The fourth-order valence-electron chi connectivity index (χ4n) is 6.31. The molecule has 0 bridgehead atoms. The summed E-state index contributed by atoms with van der Waals surface area (Å²) in [6.07, 6.45) is 0. The van der Waals surface area contributed by atoms with Crippen LogP contribution in [-0.2, 0) is 22.6 Å². The second-order valence-electron chi connectivity index (χ2n) is 11.3.